The highest BCUT2D eigenvalue weighted by molar-refractivity contribution is 9.10. The summed E-state index contributed by atoms with van der Waals surface area (Å²) in [6, 6.07) is 10.2. The van der Waals surface area contributed by atoms with Crippen LogP contribution in [-0.2, 0) is 5.88 Å². The van der Waals surface area contributed by atoms with Crippen molar-refractivity contribution in [2.24, 2.45) is 0 Å². The van der Waals surface area contributed by atoms with Gasteiger partial charge in [-0.25, -0.2) is 0 Å². The molecule has 0 heterocycles. The molecule has 6 heteroatoms. The predicted molar refractivity (Wildman–Crippen MR) is 81.6 cm³/mol. The van der Waals surface area contributed by atoms with Crippen molar-refractivity contribution in [3.05, 3.63) is 62.1 Å². The number of ether oxygens (including phenoxy) is 1. The first-order valence-corrected chi connectivity index (χ1v) is 7.11. The lowest BCUT2D eigenvalue weighted by Gasteiger charge is -2.09. The molecule has 0 radical (unpaired) electrons. The number of halogens is 2. The highest BCUT2D eigenvalue weighted by atomic mass is 79.9. The van der Waals surface area contributed by atoms with E-state index in [1.807, 2.05) is 25.1 Å². The van der Waals surface area contributed by atoms with Crippen LogP contribution in [0, 0.1) is 17.0 Å². The predicted octanol–water partition coefficient (Wildman–Crippen LogP) is 5.20. The number of hydrogen-bond donors (Lipinski definition) is 0. The van der Waals surface area contributed by atoms with Gasteiger partial charge in [0, 0.05) is 11.6 Å². The van der Waals surface area contributed by atoms with E-state index in [0.29, 0.717) is 17.1 Å². The van der Waals surface area contributed by atoms with Crippen molar-refractivity contribution in [2.75, 3.05) is 0 Å². The fourth-order valence-electron chi connectivity index (χ4n) is 1.73. The summed E-state index contributed by atoms with van der Waals surface area (Å²) in [5.41, 5.74) is 1.53. The van der Waals surface area contributed by atoms with E-state index < -0.39 is 4.92 Å². The van der Waals surface area contributed by atoms with Crippen LogP contribution in [0.3, 0.4) is 0 Å². The topological polar surface area (TPSA) is 52.4 Å². The first kappa shape index (κ1) is 14.8. The Morgan fingerprint density at radius 1 is 1.30 bits per heavy atom. The zero-order chi connectivity index (χ0) is 14.7. The molecule has 0 aliphatic rings. The Hall–Kier alpha value is -1.59. The lowest BCUT2D eigenvalue weighted by Crippen LogP contribution is -1.94. The lowest BCUT2D eigenvalue weighted by atomic mass is 10.2. The van der Waals surface area contributed by atoms with Crippen LogP contribution in [-0.4, -0.2) is 4.92 Å². The lowest BCUT2D eigenvalue weighted by molar-refractivity contribution is -0.385. The summed E-state index contributed by atoms with van der Waals surface area (Å²) >= 11 is 9.15. The van der Waals surface area contributed by atoms with Crippen molar-refractivity contribution in [3.63, 3.8) is 0 Å². The summed E-state index contributed by atoms with van der Waals surface area (Å²) in [7, 11) is 0. The van der Waals surface area contributed by atoms with Crippen LogP contribution < -0.4 is 4.74 Å². The zero-order valence-corrected chi connectivity index (χ0v) is 12.9. The van der Waals surface area contributed by atoms with E-state index in [-0.39, 0.29) is 11.6 Å². The van der Waals surface area contributed by atoms with E-state index in [9.17, 15) is 10.1 Å². The number of hydrogen-bond acceptors (Lipinski definition) is 3. The van der Waals surface area contributed by atoms with Gasteiger partial charge in [-0.3, -0.25) is 10.1 Å². The van der Waals surface area contributed by atoms with Gasteiger partial charge in [-0.2, -0.15) is 0 Å². The van der Waals surface area contributed by atoms with E-state index in [0.717, 1.165) is 10.0 Å². The molecule has 0 fully saturated rings. The second-order valence-corrected chi connectivity index (χ2v) is 5.34. The summed E-state index contributed by atoms with van der Waals surface area (Å²) < 4.78 is 6.54. The Bertz CT molecular complexity index is 661. The van der Waals surface area contributed by atoms with Crippen molar-refractivity contribution in [1.29, 1.82) is 0 Å². The fourth-order valence-corrected chi connectivity index (χ4v) is 2.51. The van der Waals surface area contributed by atoms with Gasteiger partial charge in [0.25, 0.3) is 5.69 Å². The number of nitro groups is 1. The van der Waals surface area contributed by atoms with E-state index in [2.05, 4.69) is 15.9 Å². The Labute approximate surface area is 129 Å². The molecule has 2 aromatic rings. The number of aryl methyl sites for hydroxylation is 1. The number of nitro benzene ring substituents is 1. The minimum atomic E-state index is -0.455. The fraction of sp³-hybridized carbons (Fsp3) is 0.143. The van der Waals surface area contributed by atoms with Crippen molar-refractivity contribution in [2.45, 2.75) is 12.8 Å². The van der Waals surface area contributed by atoms with Crippen molar-refractivity contribution in [3.8, 4) is 11.5 Å². The number of alkyl halides is 1. The van der Waals surface area contributed by atoms with Gasteiger partial charge in [0.2, 0.25) is 0 Å². The molecule has 0 aliphatic heterocycles. The Balaban J connectivity index is 2.32. The third kappa shape index (κ3) is 3.29. The van der Waals surface area contributed by atoms with Gasteiger partial charge < -0.3 is 4.74 Å². The molecule has 20 heavy (non-hydrogen) atoms. The number of benzene rings is 2. The van der Waals surface area contributed by atoms with E-state index >= 15 is 0 Å². The van der Waals surface area contributed by atoms with Gasteiger partial charge in [0.05, 0.1) is 15.3 Å². The van der Waals surface area contributed by atoms with Crippen LogP contribution in [0.15, 0.2) is 40.9 Å². The average molecular weight is 357 g/mol. The summed E-state index contributed by atoms with van der Waals surface area (Å²) in [5, 5.41) is 10.8. The number of nitrogens with zero attached hydrogens (tertiary/aromatic N) is 1. The molecule has 0 saturated carbocycles. The molecule has 0 saturated heterocycles. The molecule has 0 aliphatic carbocycles. The minimum Gasteiger partial charge on any atom is -0.456 e. The van der Waals surface area contributed by atoms with Crippen LogP contribution in [0.1, 0.15) is 11.1 Å². The van der Waals surface area contributed by atoms with Gasteiger partial charge in [0.15, 0.2) is 0 Å². The molecular formula is C14H11BrClNO3. The Kier molecular flexibility index (Phi) is 4.62. The second-order valence-electron chi connectivity index (χ2n) is 4.22. The quantitative estimate of drug-likeness (QED) is 0.430. The summed E-state index contributed by atoms with van der Waals surface area (Å²) in [6.07, 6.45) is 0. The molecule has 0 N–H and O–H groups in total. The van der Waals surface area contributed by atoms with Crippen molar-refractivity contribution >= 4 is 33.2 Å². The molecule has 0 amide bonds. The molecule has 0 spiro atoms. The summed E-state index contributed by atoms with van der Waals surface area (Å²) in [4.78, 5) is 10.4. The molecular weight excluding hydrogens is 346 g/mol. The van der Waals surface area contributed by atoms with Crippen LogP contribution in [0.25, 0.3) is 0 Å². The molecule has 0 atom stereocenters. The van der Waals surface area contributed by atoms with Gasteiger partial charge in [-0.1, -0.05) is 6.07 Å². The molecule has 0 bridgehead atoms. The van der Waals surface area contributed by atoms with Gasteiger partial charge in [0.1, 0.15) is 11.5 Å². The molecule has 4 nitrogen and oxygen atoms in total. The smallest absolute Gasteiger partial charge is 0.274 e. The largest absolute Gasteiger partial charge is 0.456 e. The monoisotopic (exact) mass is 355 g/mol. The summed E-state index contributed by atoms with van der Waals surface area (Å²) in [6.45, 7) is 1.98. The Morgan fingerprint density at radius 3 is 2.65 bits per heavy atom. The zero-order valence-electron chi connectivity index (χ0n) is 10.6. The van der Waals surface area contributed by atoms with Gasteiger partial charge >= 0.3 is 0 Å². The summed E-state index contributed by atoms with van der Waals surface area (Å²) in [5.74, 6) is 1.21. The van der Waals surface area contributed by atoms with Crippen LogP contribution in [0.4, 0.5) is 5.69 Å². The first-order valence-electron chi connectivity index (χ1n) is 5.78. The van der Waals surface area contributed by atoms with Crippen LogP contribution in [0.2, 0.25) is 0 Å². The molecule has 2 rings (SSSR count). The Morgan fingerprint density at radius 2 is 2.05 bits per heavy atom. The van der Waals surface area contributed by atoms with Gasteiger partial charge in [-0.05, 0) is 52.7 Å². The standard InChI is InChI=1S/C14H11BrClNO3/c1-9-2-5-14(12(15)6-9)20-11-3-4-13(17(18)19)10(7-11)8-16/h2-7H,8H2,1H3. The number of rotatable bonds is 4. The normalized spacial score (nSPS) is 10.3. The molecule has 2 aromatic carbocycles. The third-order valence-electron chi connectivity index (χ3n) is 2.71. The van der Waals surface area contributed by atoms with E-state index in [1.165, 1.54) is 6.07 Å². The van der Waals surface area contributed by atoms with E-state index in [4.69, 9.17) is 16.3 Å². The van der Waals surface area contributed by atoms with Crippen LogP contribution in [0.5, 0.6) is 11.5 Å². The highest BCUT2D eigenvalue weighted by Crippen LogP contribution is 2.33. The SMILES string of the molecule is Cc1ccc(Oc2ccc([N+](=O)[O-])c(CCl)c2)c(Br)c1. The van der Waals surface area contributed by atoms with Gasteiger partial charge in [-0.15, -0.1) is 11.6 Å². The van der Waals surface area contributed by atoms with Crippen LogP contribution >= 0.6 is 27.5 Å². The molecule has 104 valence electrons. The third-order valence-corrected chi connectivity index (χ3v) is 3.61. The molecule has 0 aromatic heterocycles. The highest BCUT2D eigenvalue weighted by Gasteiger charge is 2.14. The maximum atomic E-state index is 10.8. The van der Waals surface area contributed by atoms with E-state index in [1.54, 1.807) is 12.1 Å². The minimum absolute atomic E-state index is 0.00433. The van der Waals surface area contributed by atoms with Crippen molar-refractivity contribution < 1.29 is 9.66 Å². The maximum absolute atomic E-state index is 10.8. The average Bonchev–Trinajstić information content (AvgIpc) is 2.41. The van der Waals surface area contributed by atoms with Crippen molar-refractivity contribution in [1.82, 2.24) is 0 Å². The first-order chi connectivity index (χ1) is 9.51. The maximum Gasteiger partial charge on any atom is 0.274 e. The molecule has 0 unspecified atom stereocenters. The second kappa shape index (κ2) is 6.24.